The fourth-order valence-electron chi connectivity index (χ4n) is 2.21. The summed E-state index contributed by atoms with van der Waals surface area (Å²) in [5.74, 6) is 2.60. The number of benzene rings is 2. The van der Waals surface area contributed by atoms with Gasteiger partial charge in [-0.2, -0.15) is 0 Å². The van der Waals surface area contributed by atoms with Crippen LogP contribution in [0.2, 0.25) is 0 Å². The zero-order valence-electron chi connectivity index (χ0n) is 14.5. The summed E-state index contributed by atoms with van der Waals surface area (Å²) in [6.45, 7) is 0.472. The molecule has 4 nitrogen and oxygen atoms in total. The predicted octanol–water partition coefficient (Wildman–Crippen LogP) is 3.77. The van der Waals surface area contributed by atoms with Crippen LogP contribution >= 0.6 is 11.8 Å². The lowest BCUT2D eigenvalue weighted by Gasteiger charge is -2.10. The van der Waals surface area contributed by atoms with E-state index in [0.29, 0.717) is 23.8 Å². The summed E-state index contributed by atoms with van der Waals surface area (Å²) >= 11 is 1.59. The van der Waals surface area contributed by atoms with E-state index >= 15 is 0 Å². The second-order valence-corrected chi connectivity index (χ2v) is 6.32. The van der Waals surface area contributed by atoms with Crippen LogP contribution in [0.25, 0.3) is 6.08 Å². The number of ether oxygens (including phenoxy) is 2. The Morgan fingerprint density at radius 3 is 2.56 bits per heavy atom. The Morgan fingerprint density at radius 2 is 1.84 bits per heavy atom. The molecule has 0 radical (unpaired) electrons. The highest BCUT2D eigenvalue weighted by Gasteiger charge is 2.06. The molecule has 0 aliphatic heterocycles. The number of amides is 1. The average molecular weight is 357 g/mol. The lowest BCUT2D eigenvalue weighted by Crippen LogP contribution is -2.24. The van der Waals surface area contributed by atoms with E-state index in [1.807, 2.05) is 36.4 Å². The van der Waals surface area contributed by atoms with Gasteiger partial charge in [0.25, 0.3) is 0 Å². The molecule has 2 aromatic carbocycles. The highest BCUT2D eigenvalue weighted by molar-refractivity contribution is 8.00. The van der Waals surface area contributed by atoms with Crippen LogP contribution in [0, 0.1) is 0 Å². The largest absolute Gasteiger partial charge is 0.493 e. The molecule has 5 heteroatoms. The van der Waals surface area contributed by atoms with Crippen molar-refractivity contribution in [2.45, 2.75) is 6.54 Å². The predicted molar refractivity (Wildman–Crippen MR) is 104 cm³/mol. The van der Waals surface area contributed by atoms with Crippen molar-refractivity contribution in [2.24, 2.45) is 0 Å². The van der Waals surface area contributed by atoms with Gasteiger partial charge in [-0.15, -0.1) is 11.8 Å². The zero-order chi connectivity index (χ0) is 17.9. The lowest BCUT2D eigenvalue weighted by molar-refractivity contribution is -0.118. The number of hydrogen-bond donors (Lipinski definition) is 1. The van der Waals surface area contributed by atoms with Gasteiger partial charge in [0.2, 0.25) is 5.91 Å². The summed E-state index contributed by atoms with van der Waals surface area (Å²) in [6, 6.07) is 15.7. The molecule has 25 heavy (non-hydrogen) atoms. The van der Waals surface area contributed by atoms with Crippen LogP contribution in [-0.4, -0.2) is 31.6 Å². The topological polar surface area (TPSA) is 47.6 Å². The maximum Gasteiger partial charge on any atom is 0.230 e. The van der Waals surface area contributed by atoms with Crippen molar-refractivity contribution in [3.63, 3.8) is 0 Å². The highest BCUT2D eigenvalue weighted by atomic mass is 32.2. The molecule has 0 spiro atoms. The molecule has 0 aromatic heterocycles. The van der Waals surface area contributed by atoms with Crippen molar-refractivity contribution in [1.82, 2.24) is 5.32 Å². The van der Waals surface area contributed by atoms with Crippen molar-refractivity contribution < 1.29 is 14.3 Å². The second-order valence-electron chi connectivity index (χ2n) is 5.29. The molecule has 0 saturated carbocycles. The maximum atomic E-state index is 11.9. The SMILES string of the molecule is COc1ccc(CNC(=O)CSC/C=C/c2ccccc2)cc1OC. The standard InChI is InChI=1S/C20H23NO3S/c1-23-18-11-10-17(13-19(18)24-2)14-21-20(22)15-25-12-6-9-16-7-4-3-5-8-16/h3-11,13H,12,14-15H2,1-2H3,(H,21,22)/b9-6+. The summed E-state index contributed by atoms with van der Waals surface area (Å²) in [4.78, 5) is 11.9. The minimum atomic E-state index is 0.0212. The third kappa shape index (κ3) is 6.55. The van der Waals surface area contributed by atoms with Crippen LogP contribution in [0.15, 0.2) is 54.6 Å². The van der Waals surface area contributed by atoms with E-state index in [1.165, 1.54) is 5.56 Å². The Hall–Kier alpha value is -2.40. The molecule has 1 N–H and O–H groups in total. The smallest absolute Gasteiger partial charge is 0.230 e. The molecule has 2 rings (SSSR count). The number of rotatable bonds is 9. The Balaban J connectivity index is 1.69. The van der Waals surface area contributed by atoms with Crippen LogP contribution < -0.4 is 14.8 Å². The van der Waals surface area contributed by atoms with Crippen LogP contribution in [0.1, 0.15) is 11.1 Å². The molecule has 0 bridgehead atoms. The van der Waals surface area contributed by atoms with Crippen LogP contribution in [0.5, 0.6) is 11.5 Å². The summed E-state index contributed by atoms with van der Waals surface area (Å²) in [7, 11) is 3.20. The van der Waals surface area contributed by atoms with Crippen molar-refractivity contribution in [2.75, 3.05) is 25.7 Å². The number of hydrogen-bond acceptors (Lipinski definition) is 4. The third-order valence-electron chi connectivity index (χ3n) is 3.49. The Kier molecular flexibility index (Phi) is 7.92. The van der Waals surface area contributed by atoms with E-state index in [0.717, 1.165) is 11.3 Å². The summed E-state index contributed by atoms with van der Waals surface area (Å²) in [5.41, 5.74) is 2.14. The van der Waals surface area contributed by atoms with Crippen LogP contribution in [-0.2, 0) is 11.3 Å². The minimum absolute atomic E-state index is 0.0212. The molecule has 0 aliphatic rings. The molecular formula is C20H23NO3S. The van der Waals surface area contributed by atoms with Gasteiger partial charge in [0.05, 0.1) is 20.0 Å². The number of nitrogens with one attached hydrogen (secondary N) is 1. The number of thioether (sulfide) groups is 1. The highest BCUT2D eigenvalue weighted by Crippen LogP contribution is 2.27. The first-order valence-electron chi connectivity index (χ1n) is 8.00. The average Bonchev–Trinajstić information content (AvgIpc) is 2.66. The van der Waals surface area contributed by atoms with Crippen LogP contribution in [0.4, 0.5) is 0 Å². The first kappa shape index (κ1) is 18.9. The Morgan fingerprint density at radius 1 is 1.08 bits per heavy atom. The number of methoxy groups -OCH3 is 2. The first-order valence-corrected chi connectivity index (χ1v) is 9.15. The fraction of sp³-hybridized carbons (Fsp3) is 0.250. The summed E-state index contributed by atoms with van der Waals surface area (Å²) in [6.07, 6.45) is 4.14. The van der Waals surface area contributed by atoms with Gasteiger partial charge in [0, 0.05) is 12.3 Å². The van der Waals surface area contributed by atoms with Gasteiger partial charge >= 0.3 is 0 Å². The second kappa shape index (κ2) is 10.5. The third-order valence-corrected chi connectivity index (χ3v) is 4.39. The molecule has 132 valence electrons. The van der Waals surface area contributed by atoms with E-state index in [-0.39, 0.29) is 5.91 Å². The molecule has 0 heterocycles. The molecule has 0 atom stereocenters. The fourth-order valence-corrected chi connectivity index (χ4v) is 2.85. The van der Waals surface area contributed by atoms with E-state index in [1.54, 1.807) is 26.0 Å². The zero-order valence-corrected chi connectivity index (χ0v) is 15.3. The van der Waals surface area contributed by atoms with E-state index < -0.39 is 0 Å². The minimum Gasteiger partial charge on any atom is -0.493 e. The van der Waals surface area contributed by atoms with Crippen molar-refractivity contribution in [3.8, 4) is 11.5 Å². The van der Waals surface area contributed by atoms with Gasteiger partial charge in [-0.3, -0.25) is 4.79 Å². The molecule has 0 unspecified atom stereocenters. The van der Waals surface area contributed by atoms with E-state index in [2.05, 4.69) is 29.6 Å². The van der Waals surface area contributed by atoms with Gasteiger partial charge in [-0.05, 0) is 23.3 Å². The summed E-state index contributed by atoms with van der Waals surface area (Å²) < 4.78 is 10.5. The van der Waals surface area contributed by atoms with Gasteiger partial charge in [-0.1, -0.05) is 48.6 Å². The van der Waals surface area contributed by atoms with Gasteiger partial charge in [0.15, 0.2) is 11.5 Å². The first-order chi connectivity index (χ1) is 12.2. The summed E-state index contributed by atoms with van der Waals surface area (Å²) in [5, 5.41) is 2.92. The van der Waals surface area contributed by atoms with Crippen LogP contribution in [0.3, 0.4) is 0 Å². The molecule has 2 aromatic rings. The lowest BCUT2D eigenvalue weighted by atomic mass is 10.2. The molecule has 0 fully saturated rings. The molecular weight excluding hydrogens is 334 g/mol. The number of carbonyl (C=O) groups excluding carboxylic acids is 1. The normalized spacial score (nSPS) is 10.6. The monoisotopic (exact) mass is 357 g/mol. The van der Waals surface area contributed by atoms with Crippen molar-refractivity contribution in [1.29, 1.82) is 0 Å². The van der Waals surface area contributed by atoms with Crippen molar-refractivity contribution >= 4 is 23.7 Å². The number of carbonyl (C=O) groups is 1. The molecule has 1 amide bonds. The van der Waals surface area contributed by atoms with Gasteiger partial charge in [-0.25, -0.2) is 0 Å². The van der Waals surface area contributed by atoms with Gasteiger partial charge < -0.3 is 14.8 Å². The molecule has 0 aliphatic carbocycles. The van der Waals surface area contributed by atoms with E-state index in [4.69, 9.17) is 9.47 Å². The van der Waals surface area contributed by atoms with Gasteiger partial charge in [0.1, 0.15) is 0 Å². The maximum absolute atomic E-state index is 11.9. The quantitative estimate of drug-likeness (QED) is 0.694. The Bertz CT molecular complexity index is 701. The molecule has 0 saturated heterocycles. The van der Waals surface area contributed by atoms with Crippen molar-refractivity contribution in [3.05, 3.63) is 65.7 Å². The van der Waals surface area contributed by atoms with E-state index in [9.17, 15) is 4.79 Å². The Labute approximate surface area is 153 Å².